The van der Waals surface area contributed by atoms with Crippen LogP contribution in [0.3, 0.4) is 0 Å². The number of aryl methyl sites for hydroxylation is 1. The van der Waals surface area contributed by atoms with Gasteiger partial charge in [-0.3, -0.25) is 9.78 Å². The van der Waals surface area contributed by atoms with Crippen molar-refractivity contribution >= 4 is 22.6 Å². The summed E-state index contributed by atoms with van der Waals surface area (Å²) in [6.07, 6.45) is 4.34. The van der Waals surface area contributed by atoms with Crippen molar-refractivity contribution in [2.24, 2.45) is 5.92 Å². The summed E-state index contributed by atoms with van der Waals surface area (Å²) in [5.41, 5.74) is 5.78. The van der Waals surface area contributed by atoms with E-state index in [9.17, 15) is 4.79 Å². The van der Waals surface area contributed by atoms with E-state index in [4.69, 9.17) is 9.15 Å². The highest BCUT2D eigenvalue weighted by molar-refractivity contribution is 5.95. The minimum absolute atomic E-state index is 0.0397. The Kier molecular flexibility index (Phi) is 6.58. The van der Waals surface area contributed by atoms with Gasteiger partial charge in [-0.15, -0.1) is 0 Å². The van der Waals surface area contributed by atoms with Crippen LogP contribution in [0.15, 0.2) is 77.5 Å². The number of furan rings is 1. The summed E-state index contributed by atoms with van der Waals surface area (Å²) in [5, 5.41) is 4.53. The highest BCUT2D eigenvalue weighted by atomic mass is 16.5. The van der Waals surface area contributed by atoms with Crippen LogP contribution in [0.1, 0.15) is 27.2 Å². The molecular weight excluding hydrogens is 426 g/mol. The summed E-state index contributed by atoms with van der Waals surface area (Å²) in [4.78, 5) is 19.7. The van der Waals surface area contributed by atoms with Gasteiger partial charge in [0.25, 0.3) is 5.91 Å². The van der Waals surface area contributed by atoms with Crippen molar-refractivity contribution < 1.29 is 13.9 Å². The Morgan fingerprint density at radius 1 is 1.15 bits per heavy atom. The molecule has 2 aromatic heterocycles. The second-order valence-corrected chi connectivity index (χ2v) is 8.89. The maximum atomic E-state index is 13.4. The molecule has 1 atom stereocenters. The van der Waals surface area contributed by atoms with E-state index in [-0.39, 0.29) is 11.8 Å². The minimum Gasteiger partial charge on any atom is -0.464 e. The average Bonchev–Trinajstić information content (AvgIpc) is 3.21. The average molecular weight is 456 g/mol. The standard InChI is InChI=1S/C28H29N3O3/c1-20-5-7-24(16-26(20)30-17-25-4-2-3-10-29-25)28(32)31-11-13-33-19-22(18-31)14-21-6-8-23-9-12-34-27(23)15-21/h2-10,12,15-16,22,30H,11,13-14,17-19H2,1H3/t22-/m0/s1. The minimum atomic E-state index is 0.0397. The van der Waals surface area contributed by atoms with E-state index in [1.807, 2.05) is 54.3 Å². The first-order chi connectivity index (χ1) is 16.7. The lowest BCUT2D eigenvalue weighted by Crippen LogP contribution is -2.36. The van der Waals surface area contributed by atoms with Gasteiger partial charge in [0.15, 0.2) is 0 Å². The van der Waals surface area contributed by atoms with Crippen LogP contribution in [-0.4, -0.2) is 42.1 Å². The number of benzene rings is 2. The van der Waals surface area contributed by atoms with Gasteiger partial charge in [0.1, 0.15) is 5.58 Å². The third-order valence-corrected chi connectivity index (χ3v) is 6.34. The van der Waals surface area contributed by atoms with E-state index < -0.39 is 0 Å². The van der Waals surface area contributed by atoms with Crippen LogP contribution in [0.4, 0.5) is 5.69 Å². The molecule has 2 aromatic carbocycles. The summed E-state index contributed by atoms with van der Waals surface area (Å²) in [7, 11) is 0. The monoisotopic (exact) mass is 455 g/mol. The van der Waals surface area contributed by atoms with E-state index >= 15 is 0 Å². The smallest absolute Gasteiger partial charge is 0.254 e. The summed E-state index contributed by atoms with van der Waals surface area (Å²) in [5.74, 6) is 0.268. The fourth-order valence-corrected chi connectivity index (χ4v) is 4.46. The van der Waals surface area contributed by atoms with E-state index in [0.717, 1.165) is 34.3 Å². The first-order valence-electron chi connectivity index (χ1n) is 11.7. The van der Waals surface area contributed by atoms with Gasteiger partial charge in [-0.05, 0) is 60.9 Å². The molecule has 1 N–H and O–H groups in total. The molecule has 3 heterocycles. The Morgan fingerprint density at radius 2 is 2.09 bits per heavy atom. The van der Waals surface area contributed by atoms with Crippen molar-refractivity contribution in [2.45, 2.75) is 19.9 Å². The fraction of sp³-hybridized carbons (Fsp3) is 0.286. The van der Waals surface area contributed by atoms with Crippen molar-refractivity contribution in [2.75, 3.05) is 31.6 Å². The Labute approximate surface area is 199 Å². The summed E-state index contributed by atoms with van der Waals surface area (Å²) < 4.78 is 11.4. The molecule has 0 bridgehead atoms. The highest BCUT2D eigenvalue weighted by Crippen LogP contribution is 2.23. The number of aromatic nitrogens is 1. The highest BCUT2D eigenvalue weighted by Gasteiger charge is 2.24. The topological polar surface area (TPSA) is 67.6 Å². The molecule has 34 heavy (non-hydrogen) atoms. The van der Waals surface area contributed by atoms with E-state index in [1.165, 1.54) is 5.56 Å². The molecule has 174 valence electrons. The first kappa shape index (κ1) is 22.2. The van der Waals surface area contributed by atoms with Crippen LogP contribution < -0.4 is 5.32 Å². The van der Waals surface area contributed by atoms with Gasteiger partial charge >= 0.3 is 0 Å². The third-order valence-electron chi connectivity index (χ3n) is 6.34. The molecule has 6 nitrogen and oxygen atoms in total. The lowest BCUT2D eigenvalue weighted by molar-refractivity contribution is 0.0737. The zero-order valence-electron chi connectivity index (χ0n) is 19.4. The number of anilines is 1. The van der Waals surface area contributed by atoms with Gasteiger partial charge in [0, 0.05) is 41.8 Å². The third kappa shape index (κ3) is 5.13. The second kappa shape index (κ2) is 10.1. The number of nitrogens with zero attached hydrogens (tertiary/aromatic N) is 2. The molecule has 6 heteroatoms. The van der Waals surface area contributed by atoms with Crippen LogP contribution in [0.25, 0.3) is 11.0 Å². The van der Waals surface area contributed by atoms with Crippen LogP contribution in [0.2, 0.25) is 0 Å². The van der Waals surface area contributed by atoms with E-state index in [1.54, 1.807) is 12.5 Å². The van der Waals surface area contributed by atoms with Crippen molar-refractivity contribution in [3.63, 3.8) is 0 Å². The number of nitrogens with one attached hydrogen (secondary N) is 1. The molecule has 4 aromatic rings. The molecule has 0 saturated carbocycles. The Hall–Kier alpha value is -3.64. The SMILES string of the molecule is Cc1ccc(C(=O)N2CCOC[C@@H](Cc3ccc4ccoc4c3)C2)cc1NCc1ccccn1. The van der Waals surface area contributed by atoms with Gasteiger partial charge in [-0.1, -0.05) is 24.3 Å². The first-order valence-corrected chi connectivity index (χ1v) is 11.7. The summed E-state index contributed by atoms with van der Waals surface area (Å²) in [6.45, 7) is 5.11. The zero-order valence-corrected chi connectivity index (χ0v) is 19.4. The number of ether oxygens (including phenoxy) is 1. The fourth-order valence-electron chi connectivity index (χ4n) is 4.46. The molecule has 1 aliphatic heterocycles. The van der Waals surface area contributed by atoms with Crippen LogP contribution in [0.5, 0.6) is 0 Å². The van der Waals surface area contributed by atoms with Crippen molar-refractivity contribution in [3.8, 4) is 0 Å². The maximum absolute atomic E-state index is 13.4. The van der Waals surface area contributed by atoms with Gasteiger partial charge in [-0.25, -0.2) is 0 Å². The van der Waals surface area contributed by atoms with Crippen molar-refractivity contribution in [1.29, 1.82) is 0 Å². The molecule has 1 aliphatic rings. The number of carbonyl (C=O) groups is 1. The predicted molar refractivity (Wildman–Crippen MR) is 133 cm³/mol. The van der Waals surface area contributed by atoms with Gasteiger partial charge in [0.05, 0.1) is 31.7 Å². The van der Waals surface area contributed by atoms with Crippen LogP contribution in [-0.2, 0) is 17.7 Å². The lowest BCUT2D eigenvalue weighted by Gasteiger charge is -2.24. The normalized spacial score (nSPS) is 16.4. The van der Waals surface area contributed by atoms with Gasteiger partial charge in [-0.2, -0.15) is 0 Å². The zero-order chi connectivity index (χ0) is 23.3. The number of carbonyl (C=O) groups excluding carboxylic acids is 1. The van der Waals surface area contributed by atoms with E-state index in [2.05, 4.69) is 28.5 Å². The van der Waals surface area contributed by atoms with Crippen molar-refractivity contribution in [1.82, 2.24) is 9.88 Å². The molecule has 1 saturated heterocycles. The van der Waals surface area contributed by atoms with Crippen LogP contribution in [0, 0.1) is 12.8 Å². The Morgan fingerprint density at radius 3 is 2.97 bits per heavy atom. The Balaban J connectivity index is 1.27. The molecule has 0 unspecified atom stereocenters. The number of amides is 1. The quantitative estimate of drug-likeness (QED) is 0.439. The molecule has 1 amide bonds. The number of rotatable bonds is 6. The number of pyridine rings is 1. The molecule has 1 fully saturated rings. The molecule has 5 rings (SSSR count). The van der Waals surface area contributed by atoms with Gasteiger partial charge < -0.3 is 19.4 Å². The summed E-state index contributed by atoms with van der Waals surface area (Å²) >= 11 is 0. The van der Waals surface area contributed by atoms with Crippen molar-refractivity contribution in [3.05, 3.63) is 95.5 Å². The molecule has 0 radical (unpaired) electrons. The maximum Gasteiger partial charge on any atom is 0.254 e. The molecule has 0 spiro atoms. The number of fused-ring (bicyclic) bond motifs is 1. The number of hydrogen-bond donors (Lipinski definition) is 1. The molecular formula is C28H29N3O3. The number of hydrogen-bond acceptors (Lipinski definition) is 5. The predicted octanol–water partition coefficient (Wildman–Crippen LogP) is 5.08. The molecule has 0 aliphatic carbocycles. The lowest BCUT2D eigenvalue weighted by atomic mass is 9.98. The Bertz CT molecular complexity index is 1270. The largest absolute Gasteiger partial charge is 0.464 e. The second-order valence-electron chi connectivity index (χ2n) is 8.89. The van der Waals surface area contributed by atoms with E-state index in [0.29, 0.717) is 38.4 Å². The summed E-state index contributed by atoms with van der Waals surface area (Å²) in [6, 6.07) is 20.0. The van der Waals surface area contributed by atoms with Crippen LogP contribution >= 0.6 is 0 Å². The van der Waals surface area contributed by atoms with Gasteiger partial charge in [0.2, 0.25) is 0 Å².